The molecule has 6 heteroatoms. The molecule has 1 aromatic carbocycles. The van der Waals surface area contributed by atoms with Crippen molar-refractivity contribution in [1.29, 1.82) is 0 Å². The lowest BCUT2D eigenvalue weighted by atomic mass is 10.1. The zero-order valence-corrected chi connectivity index (χ0v) is 9.90. The predicted molar refractivity (Wildman–Crippen MR) is 61.2 cm³/mol. The Balaban J connectivity index is 3.06. The van der Waals surface area contributed by atoms with Crippen LogP contribution in [0.2, 0.25) is 10.0 Å². The third-order valence-electron chi connectivity index (χ3n) is 1.90. The van der Waals surface area contributed by atoms with Crippen LogP contribution in [0.5, 0.6) is 0 Å². The van der Waals surface area contributed by atoms with Gasteiger partial charge in [0.05, 0.1) is 16.1 Å². The largest absolute Gasteiger partial charge is 0.389 e. The highest BCUT2D eigenvalue weighted by Gasteiger charge is 2.19. The van der Waals surface area contributed by atoms with Gasteiger partial charge in [0.15, 0.2) is 5.82 Å². The number of hydrogen-bond acceptors (Lipinski definition) is 3. The Morgan fingerprint density at radius 3 is 2.13 bits per heavy atom. The van der Waals surface area contributed by atoms with Crippen molar-refractivity contribution in [3.05, 3.63) is 33.6 Å². The Morgan fingerprint density at radius 2 is 1.73 bits per heavy atom. The van der Waals surface area contributed by atoms with Crippen LogP contribution in [-0.4, -0.2) is 22.1 Å². The predicted octanol–water partition coefficient (Wildman–Crippen LogP) is 2.46. The molecular formula is C9H9Cl2FO2S. The van der Waals surface area contributed by atoms with Gasteiger partial charge in [0.25, 0.3) is 0 Å². The Bertz CT molecular complexity index is 339. The van der Waals surface area contributed by atoms with Crippen molar-refractivity contribution in [2.75, 3.05) is 5.75 Å². The van der Waals surface area contributed by atoms with E-state index in [0.717, 1.165) is 0 Å². The first kappa shape index (κ1) is 13.1. The van der Waals surface area contributed by atoms with Crippen LogP contribution < -0.4 is 0 Å². The highest BCUT2D eigenvalue weighted by molar-refractivity contribution is 7.80. The van der Waals surface area contributed by atoms with E-state index in [0.29, 0.717) is 0 Å². The third-order valence-corrected chi connectivity index (χ3v) is 2.82. The molecule has 1 aromatic rings. The normalized spacial score (nSPS) is 15.1. The van der Waals surface area contributed by atoms with Crippen molar-refractivity contribution in [3.8, 4) is 0 Å². The smallest absolute Gasteiger partial charge is 0.160 e. The fourth-order valence-corrected chi connectivity index (χ4v) is 1.77. The summed E-state index contributed by atoms with van der Waals surface area (Å²) in [5.41, 5.74) is 0.257. The van der Waals surface area contributed by atoms with Crippen LogP contribution in [-0.2, 0) is 0 Å². The van der Waals surface area contributed by atoms with Gasteiger partial charge in [-0.05, 0) is 17.7 Å². The van der Waals surface area contributed by atoms with Crippen LogP contribution in [0.15, 0.2) is 12.1 Å². The Labute approximate surface area is 102 Å². The quantitative estimate of drug-likeness (QED) is 0.584. The lowest BCUT2D eigenvalue weighted by Gasteiger charge is -2.16. The topological polar surface area (TPSA) is 40.5 Å². The van der Waals surface area contributed by atoms with Gasteiger partial charge in [0.1, 0.15) is 6.10 Å². The van der Waals surface area contributed by atoms with Crippen LogP contribution in [0.3, 0.4) is 0 Å². The van der Waals surface area contributed by atoms with Gasteiger partial charge in [-0.2, -0.15) is 12.6 Å². The molecule has 84 valence electrons. The summed E-state index contributed by atoms with van der Waals surface area (Å²) < 4.78 is 13.0. The summed E-state index contributed by atoms with van der Waals surface area (Å²) in [4.78, 5) is 0. The molecule has 0 saturated heterocycles. The minimum atomic E-state index is -1.18. The minimum Gasteiger partial charge on any atom is -0.389 e. The van der Waals surface area contributed by atoms with Crippen molar-refractivity contribution >= 4 is 35.8 Å². The van der Waals surface area contributed by atoms with Crippen LogP contribution in [0, 0.1) is 5.82 Å². The number of halogens is 3. The number of thiol groups is 1. The number of hydrogen-bond donors (Lipinski definition) is 3. The van der Waals surface area contributed by atoms with E-state index in [2.05, 4.69) is 12.6 Å². The summed E-state index contributed by atoms with van der Waals surface area (Å²) in [5.74, 6) is -0.664. The van der Waals surface area contributed by atoms with E-state index in [1.807, 2.05) is 0 Å². The van der Waals surface area contributed by atoms with Gasteiger partial charge in [0, 0.05) is 5.75 Å². The lowest BCUT2D eigenvalue weighted by molar-refractivity contribution is 0.0337. The van der Waals surface area contributed by atoms with Gasteiger partial charge in [-0.15, -0.1) is 0 Å². The molecule has 0 radical (unpaired) electrons. The summed E-state index contributed by atoms with van der Waals surface area (Å²) >= 11 is 14.9. The summed E-state index contributed by atoms with van der Waals surface area (Å²) in [5, 5.41) is 18.5. The van der Waals surface area contributed by atoms with Crippen LogP contribution in [0.25, 0.3) is 0 Å². The molecule has 15 heavy (non-hydrogen) atoms. The molecule has 1 rings (SSSR count). The molecule has 0 bridgehead atoms. The zero-order valence-electron chi connectivity index (χ0n) is 7.49. The summed E-state index contributed by atoms with van der Waals surface area (Å²) in [6.07, 6.45) is -2.23. The maximum Gasteiger partial charge on any atom is 0.160 e. The Kier molecular flexibility index (Phi) is 4.67. The molecule has 0 spiro atoms. The van der Waals surface area contributed by atoms with Crippen molar-refractivity contribution < 1.29 is 14.6 Å². The highest BCUT2D eigenvalue weighted by atomic mass is 35.5. The van der Waals surface area contributed by atoms with E-state index in [1.54, 1.807) is 0 Å². The van der Waals surface area contributed by atoms with Crippen LogP contribution >= 0.6 is 35.8 Å². The second kappa shape index (κ2) is 5.37. The molecule has 0 fully saturated rings. The van der Waals surface area contributed by atoms with E-state index >= 15 is 0 Å². The molecule has 0 heterocycles. The first-order valence-electron chi connectivity index (χ1n) is 4.08. The molecule has 2 atom stereocenters. The van der Waals surface area contributed by atoms with Gasteiger partial charge < -0.3 is 10.2 Å². The summed E-state index contributed by atoms with van der Waals surface area (Å²) in [6.45, 7) is 0. The standard InChI is InChI=1S/C9H9Cl2FO2S/c10-5-1-4(2-6(11)8(5)12)9(14)7(13)3-15/h1-2,7,9,13-15H,3H2. The fraction of sp³-hybridized carbons (Fsp3) is 0.333. The number of rotatable bonds is 3. The van der Waals surface area contributed by atoms with E-state index in [1.165, 1.54) is 12.1 Å². The van der Waals surface area contributed by atoms with Crippen LogP contribution in [0.4, 0.5) is 4.39 Å². The first-order valence-corrected chi connectivity index (χ1v) is 5.47. The van der Waals surface area contributed by atoms with E-state index < -0.39 is 18.0 Å². The molecular weight excluding hydrogens is 262 g/mol. The summed E-state index contributed by atoms with van der Waals surface area (Å²) in [7, 11) is 0. The van der Waals surface area contributed by atoms with Gasteiger partial charge in [-0.3, -0.25) is 0 Å². The van der Waals surface area contributed by atoms with Crippen molar-refractivity contribution in [1.82, 2.24) is 0 Å². The molecule has 0 amide bonds. The second-order valence-corrected chi connectivity index (χ2v) is 4.17. The molecule has 2 unspecified atom stereocenters. The zero-order chi connectivity index (χ0) is 11.6. The van der Waals surface area contributed by atoms with Gasteiger partial charge >= 0.3 is 0 Å². The van der Waals surface area contributed by atoms with E-state index in [-0.39, 0.29) is 21.4 Å². The molecule has 0 aliphatic rings. The molecule has 0 saturated carbocycles. The highest BCUT2D eigenvalue weighted by Crippen LogP contribution is 2.29. The Hall–Kier alpha value is -0.0000000000000000555. The number of benzene rings is 1. The molecule has 2 N–H and O–H groups in total. The summed E-state index contributed by atoms with van der Waals surface area (Å²) in [6, 6.07) is 2.44. The molecule has 0 aliphatic carbocycles. The first-order chi connectivity index (χ1) is 6.97. The van der Waals surface area contributed by atoms with E-state index in [4.69, 9.17) is 23.2 Å². The number of aliphatic hydroxyl groups excluding tert-OH is 2. The maximum absolute atomic E-state index is 13.0. The lowest BCUT2D eigenvalue weighted by Crippen LogP contribution is -2.19. The fourth-order valence-electron chi connectivity index (χ4n) is 1.07. The van der Waals surface area contributed by atoms with Crippen molar-refractivity contribution in [3.63, 3.8) is 0 Å². The number of aliphatic hydroxyl groups is 2. The third kappa shape index (κ3) is 2.98. The van der Waals surface area contributed by atoms with Gasteiger partial charge in [0.2, 0.25) is 0 Å². The second-order valence-electron chi connectivity index (χ2n) is 2.99. The maximum atomic E-state index is 13.0. The van der Waals surface area contributed by atoms with Gasteiger partial charge in [-0.25, -0.2) is 4.39 Å². The van der Waals surface area contributed by atoms with Crippen molar-refractivity contribution in [2.24, 2.45) is 0 Å². The average molecular weight is 271 g/mol. The molecule has 0 aromatic heterocycles. The minimum absolute atomic E-state index is 0.0772. The Morgan fingerprint density at radius 1 is 1.27 bits per heavy atom. The average Bonchev–Trinajstić information content (AvgIpc) is 2.23. The monoisotopic (exact) mass is 270 g/mol. The molecule has 0 aliphatic heterocycles. The molecule has 2 nitrogen and oxygen atoms in total. The SMILES string of the molecule is OC(CS)C(O)c1cc(Cl)c(F)c(Cl)c1. The van der Waals surface area contributed by atoms with E-state index in [9.17, 15) is 14.6 Å². The van der Waals surface area contributed by atoms with Gasteiger partial charge in [-0.1, -0.05) is 23.2 Å². The van der Waals surface area contributed by atoms with Crippen molar-refractivity contribution in [2.45, 2.75) is 12.2 Å². The van der Waals surface area contributed by atoms with Crippen LogP contribution in [0.1, 0.15) is 11.7 Å².